The number of hydrogen-bond donors (Lipinski definition) is 2. The minimum absolute atomic E-state index is 0.0781. The molecule has 3 rings (SSSR count). The SMILES string of the molecule is CCOc1cc(C(=O)NCc2ccc(N3CCN(C)CC3)nc2)cc(Cl)c1O. The summed E-state index contributed by atoms with van der Waals surface area (Å²) in [6.07, 6.45) is 1.78. The lowest BCUT2D eigenvalue weighted by atomic mass is 10.1. The van der Waals surface area contributed by atoms with Gasteiger partial charge in [-0.05, 0) is 37.7 Å². The van der Waals surface area contributed by atoms with E-state index in [9.17, 15) is 9.90 Å². The molecule has 1 fully saturated rings. The summed E-state index contributed by atoms with van der Waals surface area (Å²) >= 11 is 5.99. The van der Waals surface area contributed by atoms with E-state index < -0.39 is 0 Å². The molecule has 1 aliphatic heterocycles. The van der Waals surface area contributed by atoms with Gasteiger partial charge in [0.25, 0.3) is 5.91 Å². The van der Waals surface area contributed by atoms with Gasteiger partial charge >= 0.3 is 0 Å². The Morgan fingerprint density at radius 1 is 1.29 bits per heavy atom. The van der Waals surface area contributed by atoms with Gasteiger partial charge in [-0.3, -0.25) is 4.79 Å². The average Bonchev–Trinajstić information content (AvgIpc) is 2.70. The molecule has 0 aliphatic carbocycles. The maximum atomic E-state index is 12.4. The second-order valence-corrected chi connectivity index (χ2v) is 7.14. The Bertz CT molecular complexity index is 821. The molecule has 0 atom stereocenters. The van der Waals surface area contributed by atoms with Crippen LogP contribution in [0.15, 0.2) is 30.5 Å². The number of carbonyl (C=O) groups excluding carboxylic acids is 1. The number of ether oxygens (including phenoxy) is 1. The van der Waals surface area contributed by atoms with Crippen molar-refractivity contribution in [1.82, 2.24) is 15.2 Å². The molecule has 2 N–H and O–H groups in total. The largest absolute Gasteiger partial charge is 0.503 e. The van der Waals surface area contributed by atoms with Crippen molar-refractivity contribution in [2.45, 2.75) is 13.5 Å². The van der Waals surface area contributed by atoms with Crippen LogP contribution in [0.25, 0.3) is 0 Å². The molecule has 1 aromatic carbocycles. The van der Waals surface area contributed by atoms with Crippen molar-refractivity contribution in [1.29, 1.82) is 0 Å². The molecular weight excluding hydrogens is 380 g/mol. The van der Waals surface area contributed by atoms with Crippen LogP contribution in [0.4, 0.5) is 5.82 Å². The molecule has 8 heteroatoms. The lowest BCUT2D eigenvalue weighted by molar-refractivity contribution is 0.0950. The van der Waals surface area contributed by atoms with Crippen molar-refractivity contribution in [3.8, 4) is 11.5 Å². The maximum absolute atomic E-state index is 12.4. The number of likely N-dealkylation sites (N-methyl/N-ethyl adjacent to an activating group) is 1. The average molecular weight is 405 g/mol. The monoisotopic (exact) mass is 404 g/mol. The summed E-state index contributed by atoms with van der Waals surface area (Å²) in [4.78, 5) is 21.5. The first-order valence-corrected chi connectivity index (χ1v) is 9.67. The third-order valence-electron chi connectivity index (χ3n) is 4.68. The van der Waals surface area contributed by atoms with Gasteiger partial charge in [-0.25, -0.2) is 4.98 Å². The number of piperazine rings is 1. The Balaban J connectivity index is 1.60. The highest BCUT2D eigenvalue weighted by atomic mass is 35.5. The van der Waals surface area contributed by atoms with E-state index >= 15 is 0 Å². The van der Waals surface area contributed by atoms with Gasteiger partial charge in [0, 0.05) is 44.5 Å². The molecule has 2 aromatic rings. The highest BCUT2D eigenvalue weighted by Crippen LogP contribution is 2.35. The van der Waals surface area contributed by atoms with Crippen LogP contribution in [0.1, 0.15) is 22.8 Å². The predicted octanol–water partition coefficient (Wildman–Crippen LogP) is 2.52. The lowest BCUT2D eigenvalue weighted by Gasteiger charge is -2.33. The second kappa shape index (κ2) is 9.12. The fourth-order valence-electron chi connectivity index (χ4n) is 3.00. The Hall–Kier alpha value is -2.51. The van der Waals surface area contributed by atoms with Crippen molar-refractivity contribution in [3.05, 3.63) is 46.6 Å². The van der Waals surface area contributed by atoms with Gasteiger partial charge in [0.2, 0.25) is 0 Å². The Morgan fingerprint density at radius 3 is 2.68 bits per heavy atom. The fourth-order valence-corrected chi connectivity index (χ4v) is 3.21. The summed E-state index contributed by atoms with van der Waals surface area (Å²) in [5, 5.41) is 12.8. The third-order valence-corrected chi connectivity index (χ3v) is 4.97. The van der Waals surface area contributed by atoms with Crippen molar-refractivity contribution < 1.29 is 14.6 Å². The molecule has 1 saturated heterocycles. The van der Waals surface area contributed by atoms with Crippen LogP contribution in [0.5, 0.6) is 11.5 Å². The number of nitrogens with one attached hydrogen (secondary N) is 1. The summed E-state index contributed by atoms with van der Waals surface area (Å²) < 4.78 is 5.32. The molecule has 2 heterocycles. The van der Waals surface area contributed by atoms with Crippen LogP contribution in [-0.4, -0.2) is 60.7 Å². The van der Waals surface area contributed by atoms with E-state index in [4.69, 9.17) is 16.3 Å². The molecular formula is C20H25ClN4O3. The van der Waals surface area contributed by atoms with Gasteiger partial charge in [-0.2, -0.15) is 0 Å². The molecule has 7 nitrogen and oxygen atoms in total. The number of aromatic nitrogens is 1. The first kappa shape index (κ1) is 20.2. The molecule has 0 spiro atoms. The van der Waals surface area contributed by atoms with Gasteiger partial charge in [0.15, 0.2) is 11.5 Å². The molecule has 1 aliphatic rings. The number of phenols is 1. The van der Waals surface area contributed by atoms with Crippen molar-refractivity contribution in [3.63, 3.8) is 0 Å². The van der Waals surface area contributed by atoms with Crippen LogP contribution >= 0.6 is 11.6 Å². The number of carbonyl (C=O) groups is 1. The number of hydrogen-bond acceptors (Lipinski definition) is 6. The number of benzene rings is 1. The summed E-state index contributed by atoms with van der Waals surface area (Å²) in [6, 6.07) is 6.85. The molecule has 0 radical (unpaired) electrons. The van der Waals surface area contributed by atoms with E-state index in [1.165, 1.54) is 12.1 Å². The smallest absolute Gasteiger partial charge is 0.251 e. The Kier molecular flexibility index (Phi) is 6.59. The number of nitrogens with zero attached hydrogens (tertiary/aromatic N) is 3. The van der Waals surface area contributed by atoms with Crippen LogP contribution < -0.4 is 15.0 Å². The van der Waals surface area contributed by atoms with Crippen LogP contribution in [-0.2, 0) is 6.54 Å². The van der Waals surface area contributed by atoms with Crippen molar-refractivity contribution in [2.24, 2.45) is 0 Å². The zero-order valence-corrected chi connectivity index (χ0v) is 16.9. The number of amides is 1. The topological polar surface area (TPSA) is 77.9 Å². The molecule has 1 amide bonds. The number of halogens is 1. The Morgan fingerprint density at radius 2 is 2.04 bits per heavy atom. The normalized spacial score (nSPS) is 14.8. The van der Waals surface area contributed by atoms with Gasteiger partial charge in [0.1, 0.15) is 5.82 Å². The lowest BCUT2D eigenvalue weighted by Crippen LogP contribution is -2.44. The van der Waals surface area contributed by atoms with Gasteiger partial charge in [-0.1, -0.05) is 17.7 Å². The molecule has 150 valence electrons. The predicted molar refractivity (Wildman–Crippen MR) is 109 cm³/mol. The quantitative estimate of drug-likeness (QED) is 0.770. The number of phenolic OH excluding ortho intramolecular Hbond substituents is 1. The van der Waals surface area contributed by atoms with Crippen LogP contribution in [0.2, 0.25) is 5.02 Å². The van der Waals surface area contributed by atoms with Crippen molar-refractivity contribution >= 4 is 23.3 Å². The van der Waals surface area contributed by atoms with E-state index in [0.717, 1.165) is 37.6 Å². The van der Waals surface area contributed by atoms with Gasteiger partial charge < -0.3 is 25.0 Å². The van der Waals surface area contributed by atoms with Crippen molar-refractivity contribution in [2.75, 3.05) is 44.7 Å². The van der Waals surface area contributed by atoms with Crippen LogP contribution in [0, 0.1) is 0 Å². The molecule has 1 aromatic heterocycles. The minimum atomic E-state index is -0.300. The summed E-state index contributed by atoms with van der Waals surface area (Å²) in [5.74, 6) is 0.683. The Labute approximate surface area is 169 Å². The van der Waals surface area contributed by atoms with Gasteiger partial charge in [0.05, 0.1) is 11.6 Å². The molecule has 28 heavy (non-hydrogen) atoms. The van der Waals surface area contributed by atoms with E-state index in [0.29, 0.717) is 18.7 Å². The van der Waals surface area contributed by atoms with Crippen LogP contribution in [0.3, 0.4) is 0 Å². The third kappa shape index (κ3) is 4.85. The minimum Gasteiger partial charge on any atom is -0.503 e. The standard InChI is InChI=1S/C20H25ClN4O3/c1-3-28-17-11-15(10-16(21)19(17)26)20(27)23-13-14-4-5-18(22-12-14)25-8-6-24(2)7-9-25/h4-5,10-12,26H,3,6-9,13H2,1-2H3,(H,23,27). The van der Waals surface area contributed by atoms with E-state index in [1.807, 2.05) is 12.1 Å². The molecule has 0 unspecified atom stereocenters. The van der Waals surface area contributed by atoms with E-state index in [1.54, 1.807) is 13.1 Å². The summed E-state index contributed by atoms with van der Waals surface area (Å²) in [6.45, 7) is 6.47. The highest BCUT2D eigenvalue weighted by molar-refractivity contribution is 6.32. The van der Waals surface area contributed by atoms with E-state index in [-0.39, 0.29) is 22.4 Å². The first-order valence-electron chi connectivity index (χ1n) is 9.30. The second-order valence-electron chi connectivity index (χ2n) is 6.74. The zero-order valence-electron chi connectivity index (χ0n) is 16.1. The first-order chi connectivity index (χ1) is 13.5. The molecule has 0 bridgehead atoms. The maximum Gasteiger partial charge on any atom is 0.251 e. The highest BCUT2D eigenvalue weighted by Gasteiger charge is 2.16. The van der Waals surface area contributed by atoms with Gasteiger partial charge in [-0.15, -0.1) is 0 Å². The molecule has 0 saturated carbocycles. The number of aromatic hydroxyl groups is 1. The number of anilines is 1. The fraction of sp³-hybridized carbons (Fsp3) is 0.400. The summed E-state index contributed by atoms with van der Waals surface area (Å²) in [5.41, 5.74) is 1.23. The van der Waals surface area contributed by atoms with E-state index in [2.05, 4.69) is 27.1 Å². The number of pyridine rings is 1. The summed E-state index contributed by atoms with van der Waals surface area (Å²) in [7, 11) is 2.12. The number of rotatable bonds is 6. The zero-order chi connectivity index (χ0) is 20.1.